The third-order valence-electron chi connectivity index (χ3n) is 22.7. The van der Waals surface area contributed by atoms with Gasteiger partial charge in [-0.25, -0.2) is 0 Å². The van der Waals surface area contributed by atoms with Crippen molar-refractivity contribution in [2.75, 3.05) is 46.2 Å². The number of rotatable bonds is 56. The lowest BCUT2D eigenvalue weighted by atomic mass is 9.93. The molecule has 0 aromatic rings. The summed E-state index contributed by atoms with van der Waals surface area (Å²) in [5, 5.41) is 209. The monoisotopic (exact) mass is 1680 g/mol. The van der Waals surface area contributed by atoms with Gasteiger partial charge in [-0.05, 0) is 19.3 Å². The van der Waals surface area contributed by atoms with Crippen LogP contribution in [0, 0.1) is 0 Å². The van der Waals surface area contributed by atoms with Gasteiger partial charge in [0.2, 0.25) is 17.7 Å². The van der Waals surface area contributed by atoms with Crippen molar-refractivity contribution in [3.05, 3.63) is 12.2 Å². The maximum Gasteiger partial charge on any atom is 0.220 e. The zero-order chi connectivity index (χ0) is 84.8. The number of unbranched alkanes of at least 4 members (excludes halogenated alkanes) is 29. The molecule has 678 valence electrons. The highest BCUT2D eigenvalue weighted by Gasteiger charge is 2.59. The first-order chi connectivity index (χ1) is 55.8. The second-order valence-electron chi connectivity index (χ2n) is 32.1. The number of nitrogens with one attached hydrogen (secondary N) is 3. The molecule has 6 fully saturated rings. The number of aliphatic hydroxyl groups is 18. The first kappa shape index (κ1) is 102. The molecule has 36 heteroatoms. The number of aliphatic hydroxyl groups excluding tert-OH is 18. The molecule has 6 aliphatic rings. The minimum Gasteiger partial charge on any atom is -0.394 e. The van der Waals surface area contributed by atoms with E-state index < -0.39 is 254 Å². The second kappa shape index (κ2) is 55.2. The number of amides is 3. The fourth-order valence-electron chi connectivity index (χ4n) is 15.8. The van der Waals surface area contributed by atoms with Crippen molar-refractivity contribution in [1.82, 2.24) is 16.0 Å². The quantitative estimate of drug-likeness (QED) is 0.0260. The molecule has 0 aromatic heterocycles. The van der Waals surface area contributed by atoms with Crippen LogP contribution < -0.4 is 16.0 Å². The molecule has 6 heterocycles. The molecule has 0 aliphatic carbocycles. The number of hydrogen-bond donors (Lipinski definition) is 21. The van der Waals surface area contributed by atoms with E-state index in [9.17, 15) is 106 Å². The molecule has 3 amide bonds. The first-order valence-electron chi connectivity index (χ1n) is 43.0. The Labute approximate surface area is 682 Å². The van der Waals surface area contributed by atoms with E-state index in [2.05, 4.69) is 29.8 Å². The van der Waals surface area contributed by atoms with Gasteiger partial charge in [0.15, 0.2) is 37.7 Å². The van der Waals surface area contributed by atoms with Gasteiger partial charge in [-0.15, -0.1) is 0 Å². The maximum absolute atomic E-state index is 13.7. The SMILES string of the molecule is CCCCCCCCCCCCC/C=C/[C@@H](O)[C@H](CO[C@@H]1OC(CO)[C@@H](O[C@@H]2OC(CO)[C@H](O[C@@H]3OC(CO)[C@H](O)[C@H](O)C3NC(C)=O)[C@H](O[C@@H]3OC(CO)[C@@H](O[C@@H]4OC(CO)[C@H](O)[C@H](O[C@H]5OC(CO)[C@H](O)[C@H](O)C5O)C4O)[C@H](O)C3NC(C)=O)C2O)[C@H](O)C1O)NC(=O)CCCCCCCCCCCCCCCCCCCCC. The van der Waals surface area contributed by atoms with Crippen LogP contribution in [-0.4, -0.2) is 352 Å². The van der Waals surface area contributed by atoms with E-state index in [1.165, 1.54) is 135 Å². The average Bonchev–Trinajstić information content (AvgIpc) is 0.767. The standard InChI is InChI=1S/C80H145N3O33/c1-5-7-9-11-13-15-17-19-20-21-22-23-24-26-28-30-32-34-36-38-56(93)83-48(49(92)37-35-33-31-29-27-25-18-16-14-12-10-8-6-2)45-105-77-67(102)65(100)71(54(43-88)110-77)113-80-69(104)74(72(55(44-89)111-80)114-75-57(81-46(3)90)62(97)59(94)50(39-84)106-75)116-76-58(82-47(4)91)63(98)70(53(42-87)109-76)112-79-68(103)73(61(96)52(41-86)108-79)115-78-66(101)64(99)60(95)51(40-85)107-78/h35,37,48-55,57-80,84-89,92,94-104H,5-34,36,38-45H2,1-4H3,(H,81,90)(H,82,91)(H,83,93)/b37-35+/t48-,49+,50?,51?,52?,53?,54?,55?,57?,58?,59-,60-,61-,62+,63+,64-,65+,66?,67?,68?,69?,70+,71+,72-,73-,74+,75-,76-,77+,78+,79-,80-/m0/s1. The summed E-state index contributed by atoms with van der Waals surface area (Å²) in [6.07, 6.45) is -16.7. The molecular formula is C80H145N3O33. The number of carbonyl (C=O) groups is 3. The van der Waals surface area contributed by atoms with E-state index in [1.807, 2.05) is 6.08 Å². The Kier molecular flexibility index (Phi) is 48.5. The number of carbonyl (C=O) groups excluding carboxylic acids is 3. The van der Waals surface area contributed by atoms with Gasteiger partial charge in [-0.3, -0.25) is 14.4 Å². The van der Waals surface area contributed by atoms with Crippen LogP contribution in [0.25, 0.3) is 0 Å². The number of allylic oxidation sites excluding steroid dienone is 1. The minimum atomic E-state index is -2.35. The van der Waals surface area contributed by atoms with Crippen molar-refractivity contribution in [3.63, 3.8) is 0 Å². The van der Waals surface area contributed by atoms with Crippen molar-refractivity contribution >= 4 is 17.7 Å². The zero-order valence-corrected chi connectivity index (χ0v) is 68.4. The van der Waals surface area contributed by atoms with Crippen LogP contribution in [-0.2, 0) is 71.2 Å². The summed E-state index contributed by atoms with van der Waals surface area (Å²) < 4.78 is 72.1. The summed E-state index contributed by atoms with van der Waals surface area (Å²) in [5.41, 5.74) is 0. The van der Waals surface area contributed by atoms with Gasteiger partial charge in [0.05, 0.1) is 58.4 Å². The van der Waals surface area contributed by atoms with E-state index >= 15 is 0 Å². The molecule has 0 spiro atoms. The summed E-state index contributed by atoms with van der Waals surface area (Å²) in [6, 6.07) is -4.75. The Hall–Kier alpha value is -3.05. The van der Waals surface area contributed by atoms with E-state index in [4.69, 9.17) is 56.8 Å². The highest BCUT2D eigenvalue weighted by atomic mass is 16.8. The molecular weight excluding hydrogens is 1530 g/mol. The van der Waals surface area contributed by atoms with Crippen molar-refractivity contribution in [1.29, 1.82) is 0 Å². The molecule has 6 saturated heterocycles. The topological polar surface area (TPSA) is 562 Å². The lowest BCUT2D eigenvalue weighted by Crippen LogP contribution is -2.71. The molecule has 6 aliphatic heterocycles. The summed E-state index contributed by atoms with van der Waals surface area (Å²) in [5.74, 6) is -2.08. The predicted octanol–water partition coefficient (Wildman–Crippen LogP) is -0.864. The summed E-state index contributed by atoms with van der Waals surface area (Å²) in [4.78, 5) is 39.5. The van der Waals surface area contributed by atoms with Crippen LogP contribution in [0.4, 0.5) is 0 Å². The van der Waals surface area contributed by atoms with E-state index in [0.29, 0.717) is 12.8 Å². The van der Waals surface area contributed by atoms with Crippen LogP contribution in [0.2, 0.25) is 0 Å². The van der Waals surface area contributed by atoms with E-state index in [-0.39, 0.29) is 12.3 Å². The fraction of sp³-hybridized carbons (Fsp3) is 0.938. The van der Waals surface area contributed by atoms with Gasteiger partial charge in [-0.2, -0.15) is 0 Å². The molecule has 116 heavy (non-hydrogen) atoms. The highest BCUT2D eigenvalue weighted by molar-refractivity contribution is 5.76. The van der Waals surface area contributed by atoms with Gasteiger partial charge < -0.3 is 165 Å². The van der Waals surface area contributed by atoms with Crippen molar-refractivity contribution in [2.45, 2.75) is 429 Å². The van der Waals surface area contributed by atoms with Gasteiger partial charge in [-0.1, -0.05) is 206 Å². The number of ether oxygens (including phenoxy) is 12. The summed E-state index contributed by atoms with van der Waals surface area (Å²) in [7, 11) is 0. The average molecular weight is 1680 g/mol. The van der Waals surface area contributed by atoms with Crippen molar-refractivity contribution in [2.24, 2.45) is 0 Å². The van der Waals surface area contributed by atoms with Gasteiger partial charge in [0.1, 0.15) is 146 Å². The molecule has 36 nitrogen and oxygen atoms in total. The summed E-state index contributed by atoms with van der Waals surface area (Å²) in [6.45, 7) is -0.124. The summed E-state index contributed by atoms with van der Waals surface area (Å²) >= 11 is 0. The van der Waals surface area contributed by atoms with E-state index in [1.54, 1.807) is 6.08 Å². The fourth-order valence-corrected chi connectivity index (χ4v) is 15.8. The Morgan fingerprint density at radius 3 is 1.12 bits per heavy atom. The largest absolute Gasteiger partial charge is 0.394 e. The number of hydrogen-bond acceptors (Lipinski definition) is 33. The van der Waals surface area contributed by atoms with Gasteiger partial charge in [0.25, 0.3) is 0 Å². The molecule has 6 rings (SSSR count). The van der Waals surface area contributed by atoms with Crippen molar-refractivity contribution < 1.29 is 163 Å². The van der Waals surface area contributed by atoms with Crippen LogP contribution in [0.15, 0.2) is 12.2 Å². The van der Waals surface area contributed by atoms with Crippen LogP contribution >= 0.6 is 0 Å². The van der Waals surface area contributed by atoms with Crippen LogP contribution in [0.1, 0.15) is 233 Å². The first-order valence-corrected chi connectivity index (χ1v) is 43.0. The zero-order valence-electron chi connectivity index (χ0n) is 68.4. The third-order valence-corrected chi connectivity index (χ3v) is 22.7. The smallest absolute Gasteiger partial charge is 0.220 e. The molecule has 0 bridgehead atoms. The minimum absolute atomic E-state index is 0.151. The molecule has 0 radical (unpaired) electrons. The second-order valence-corrected chi connectivity index (χ2v) is 32.1. The Bertz CT molecular complexity index is 2670. The Morgan fingerprint density at radius 1 is 0.336 bits per heavy atom. The molecule has 21 N–H and O–H groups in total. The lowest BCUT2D eigenvalue weighted by molar-refractivity contribution is -0.397. The molecule has 0 aromatic carbocycles. The third kappa shape index (κ3) is 31.6. The normalized spacial score (nSPS) is 36.3. The van der Waals surface area contributed by atoms with E-state index in [0.717, 1.165) is 65.2 Å². The van der Waals surface area contributed by atoms with Gasteiger partial charge >= 0.3 is 0 Å². The van der Waals surface area contributed by atoms with Crippen LogP contribution in [0.3, 0.4) is 0 Å². The maximum atomic E-state index is 13.7. The molecule has 12 unspecified atom stereocenters. The highest BCUT2D eigenvalue weighted by Crippen LogP contribution is 2.39. The van der Waals surface area contributed by atoms with Crippen LogP contribution in [0.5, 0.6) is 0 Å². The molecule has 0 saturated carbocycles. The lowest BCUT2D eigenvalue weighted by Gasteiger charge is -2.51. The predicted molar refractivity (Wildman–Crippen MR) is 412 cm³/mol. The van der Waals surface area contributed by atoms with Crippen molar-refractivity contribution in [3.8, 4) is 0 Å². The Balaban J connectivity index is 1.17. The molecule has 32 atom stereocenters. The Morgan fingerprint density at radius 2 is 0.664 bits per heavy atom. The van der Waals surface area contributed by atoms with Gasteiger partial charge in [0, 0.05) is 20.3 Å².